The van der Waals surface area contributed by atoms with Crippen LogP contribution in [0.4, 0.5) is 0 Å². The summed E-state index contributed by atoms with van der Waals surface area (Å²) in [5.41, 5.74) is 2.84. The molecule has 1 aliphatic rings. The highest BCUT2D eigenvalue weighted by Gasteiger charge is 2.36. The third kappa shape index (κ3) is 2.38. The molecule has 21 heavy (non-hydrogen) atoms. The number of nitrogens with one attached hydrogen (secondary N) is 2. The van der Waals surface area contributed by atoms with Gasteiger partial charge in [-0.1, -0.05) is 0 Å². The molecule has 112 valence electrons. The number of aromatic nitrogens is 1. The minimum absolute atomic E-state index is 0.0512. The van der Waals surface area contributed by atoms with E-state index in [-0.39, 0.29) is 5.91 Å². The van der Waals surface area contributed by atoms with Crippen LogP contribution in [0.5, 0.6) is 5.75 Å². The molecule has 1 aliphatic heterocycles. The normalized spacial score (nSPS) is 21.1. The molecule has 0 saturated heterocycles. The van der Waals surface area contributed by atoms with E-state index in [2.05, 4.69) is 16.4 Å². The predicted octanol–water partition coefficient (Wildman–Crippen LogP) is 2.10. The van der Waals surface area contributed by atoms with Crippen molar-refractivity contribution in [2.75, 3.05) is 20.3 Å². The fourth-order valence-corrected chi connectivity index (χ4v) is 2.96. The number of rotatable bonds is 3. The molecular weight excluding hydrogens is 268 g/mol. The van der Waals surface area contributed by atoms with Crippen molar-refractivity contribution >= 4 is 16.8 Å². The Balaban J connectivity index is 2.06. The van der Waals surface area contributed by atoms with Crippen molar-refractivity contribution in [2.45, 2.75) is 25.9 Å². The van der Waals surface area contributed by atoms with E-state index in [1.807, 2.05) is 19.1 Å². The van der Waals surface area contributed by atoms with Gasteiger partial charge in [0.1, 0.15) is 11.4 Å². The van der Waals surface area contributed by atoms with Crippen molar-refractivity contribution in [3.63, 3.8) is 0 Å². The van der Waals surface area contributed by atoms with E-state index in [4.69, 9.17) is 9.47 Å². The summed E-state index contributed by atoms with van der Waals surface area (Å²) in [6, 6.07) is 6.04. The van der Waals surface area contributed by atoms with Gasteiger partial charge in [-0.25, -0.2) is 0 Å². The Hall–Kier alpha value is -2.01. The molecule has 0 bridgehead atoms. The van der Waals surface area contributed by atoms with Crippen LogP contribution in [0.25, 0.3) is 10.9 Å². The van der Waals surface area contributed by atoms with E-state index in [1.165, 1.54) is 17.9 Å². The number of carbonyl (C=O) groups is 1. The Bertz CT molecular complexity index is 692. The zero-order valence-electron chi connectivity index (χ0n) is 12.6. The number of amides is 1. The van der Waals surface area contributed by atoms with Crippen molar-refractivity contribution in [3.05, 3.63) is 29.5 Å². The smallest absolute Gasteiger partial charge is 0.216 e. The molecule has 3 rings (SSSR count). The van der Waals surface area contributed by atoms with Gasteiger partial charge in [-0.3, -0.25) is 4.79 Å². The van der Waals surface area contributed by atoms with Gasteiger partial charge in [0.05, 0.1) is 26.0 Å². The summed E-state index contributed by atoms with van der Waals surface area (Å²) in [6.45, 7) is 4.64. The summed E-state index contributed by atoms with van der Waals surface area (Å²) in [6.07, 6.45) is 0.872. The molecule has 1 aromatic heterocycles. The van der Waals surface area contributed by atoms with Crippen LogP contribution in [0.15, 0.2) is 18.2 Å². The van der Waals surface area contributed by atoms with Crippen molar-refractivity contribution in [1.29, 1.82) is 0 Å². The van der Waals surface area contributed by atoms with Gasteiger partial charge in [0, 0.05) is 23.9 Å². The zero-order valence-corrected chi connectivity index (χ0v) is 12.6. The fraction of sp³-hybridized carbons (Fsp3) is 0.438. The number of H-pyrrole nitrogens is 1. The summed E-state index contributed by atoms with van der Waals surface area (Å²) >= 11 is 0. The van der Waals surface area contributed by atoms with Crippen molar-refractivity contribution in [1.82, 2.24) is 10.3 Å². The predicted molar refractivity (Wildman–Crippen MR) is 80.5 cm³/mol. The summed E-state index contributed by atoms with van der Waals surface area (Å²) < 4.78 is 11.2. The number of methoxy groups -OCH3 is 1. The second-order valence-electron chi connectivity index (χ2n) is 5.63. The zero-order chi connectivity index (χ0) is 15.0. The van der Waals surface area contributed by atoms with Crippen LogP contribution in [0.3, 0.4) is 0 Å². The molecular formula is C16H20N2O3. The Morgan fingerprint density at radius 1 is 1.52 bits per heavy atom. The van der Waals surface area contributed by atoms with Crippen LogP contribution in [0.2, 0.25) is 0 Å². The number of hydrogen-bond acceptors (Lipinski definition) is 3. The molecule has 1 atom stereocenters. The highest BCUT2D eigenvalue weighted by molar-refractivity contribution is 5.86. The Morgan fingerprint density at radius 2 is 2.33 bits per heavy atom. The first-order chi connectivity index (χ1) is 10.0. The van der Waals surface area contributed by atoms with Gasteiger partial charge >= 0.3 is 0 Å². The van der Waals surface area contributed by atoms with Crippen LogP contribution in [0.1, 0.15) is 25.1 Å². The van der Waals surface area contributed by atoms with E-state index in [1.54, 1.807) is 7.11 Å². The highest BCUT2D eigenvalue weighted by Crippen LogP contribution is 2.37. The first-order valence-electron chi connectivity index (χ1n) is 7.11. The Kier molecular flexibility index (Phi) is 3.37. The first-order valence-corrected chi connectivity index (χ1v) is 7.11. The molecule has 0 spiro atoms. The van der Waals surface area contributed by atoms with E-state index in [9.17, 15) is 4.79 Å². The van der Waals surface area contributed by atoms with E-state index in [0.717, 1.165) is 23.4 Å². The fourth-order valence-electron chi connectivity index (χ4n) is 2.96. The molecule has 2 aromatic rings. The molecule has 5 nitrogen and oxygen atoms in total. The van der Waals surface area contributed by atoms with Crippen LogP contribution < -0.4 is 10.1 Å². The highest BCUT2D eigenvalue weighted by atomic mass is 16.5. The lowest BCUT2D eigenvalue weighted by Gasteiger charge is -2.34. The second kappa shape index (κ2) is 5.07. The molecule has 5 heteroatoms. The minimum Gasteiger partial charge on any atom is -0.497 e. The number of fused-ring (bicyclic) bond motifs is 3. The van der Waals surface area contributed by atoms with Gasteiger partial charge in [-0.05, 0) is 31.0 Å². The van der Waals surface area contributed by atoms with Crippen LogP contribution in [-0.2, 0) is 21.6 Å². The average molecular weight is 288 g/mol. The molecule has 2 N–H and O–H groups in total. The van der Waals surface area contributed by atoms with Gasteiger partial charge in [0.25, 0.3) is 0 Å². The summed E-state index contributed by atoms with van der Waals surface area (Å²) in [5, 5.41) is 4.05. The van der Waals surface area contributed by atoms with Gasteiger partial charge in [0.15, 0.2) is 0 Å². The molecule has 0 saturated carbocycles. The summed E-state index contributed by atoms with van der Waals surface area (Å²) in [7, 11) is 1.66. The number of hydrogen-bond donors (Lipinski definition) is 2. The number of ether oxygens (including phenoxy) is 2. The van der Waals surface area contributed by atoms with Crippen molar-refractivity contribution in [3.8, 4) is 5.75 Å². The standard InChI is InChI=1S/C16H20N2O3/c1-10(19)17-9-16(2)15-13(6-7-21-16)12-5-4-11(20-3)8-14(12)18-15/h4-5,8,18H,6-7,9H2,1-3H3,(H,17,19). The summed E-state index contributed by atoms with van der Waals surface area (Å²) in [5.74, 6) is 0.773. The average Bonchev–Trinajstić information content (AvgIpc) is 2.85. The molecule has 1 amide bonds. The lowest BCUT2D eigenvalue weighted by Crippen LogP contribution is -2.43. The minimum atomic E-state index is -0.522. The summed E-state index contributed by atoms with van der Waals surface area (Å²) in [4.78, 5) is 14.7. The maximum absolute atomic E-state index is 11.2. The van der Waals surface area contributed by atoms with Crippen LogP contribution >= 0.6 is 0 Å². The maximum Gasteiger partial charge on any atom is 0.216 e. The lowest BCUT2D eigenvalue weighted by atomic mass is 9.93. The largest absolute Gasteiger partial charge is 0.497 e. The van der Waals surface area contributed by atoms with Crippen molar-refractivity contribution in [2.24, 2.45) is 0 Å². The Morgan fingerprint density at radius 3 is 3.05 bits per heavy atom. The van der Waals surface area contributed by atoms with Gasteiger partial charge in [0.2, 0.25) is 5.91 Å². The Labute approximate surface area is 123 Å². The maximum atomic E-state index is 11.2. The molecule has 0 fully saturated rings. The number of benzene rings is 1. The number of carbonyl (C=O) groups excluding carboxylic acids is 1. The third-order valence-corrected chi connectivity index (χ3v) is 4.09. The van der Waals surface area contributed by atoms with Crippen molar-refractivity contribution < 1.29 is 14.3 Å². The third-order valence-electron chi connectivity index (χ3n) is 4.09. The molecule has 1 aromatic carbocycles. The van der Waals surface area contributed by atoms with E-state index >= 15 is 0 Å². The molecule has 1 unspecified atom stereocenters. The lowest BCUT2D eigenvalue weighted by molar-refractivity contribution is -0.121. The van der Waals surface area contributed by atoms with Gasteiger partial charge in [-0.2, -0.15) is 0 Å². The van der Waals surface area contributed by atoms with E-state index in [0.29, 0.717) is 13.2 Å². The van der Waals surface area contributed by atoms with Crippen LogP contribution in [0, 0.1) is 0 Å². The van der Waals surface area contributed by atoms with Crippen LogP contribution in [-0.4, -0.2) is 31.2 Å². The first kappa shape index (κ1) is 13.9. The molecule has 0 radical (unpaired) electrons. The quantitative estimate of drug-likeness (QED) is 0.909. The van der Waals surface area contributed by atoms with Gasteiger partial charge < -0.3 is 19.8 Å². The molecule has 0 aliphatic carbocycles. The van der Waals surface area contributed by atoms with Gasteiger partial charge in [-0.15, -0.1) is 0 Å². The van der Waals surface area contributed by atoms with E-state index < -0.39 is 5.60 Å². The number of aromatic amines is 1. The SMILES string of the molecule is COc1ccc2c3c([nH]c2c1)C(C)(CNC(C)=O)OCC3. The molecule has 2 heterocycles. The topological polar surface area (TPSA) is 63.3 Å². The monoisotopic (exact) mass is 288 g/mol. The second-order valence-corrected chi connectivity index (χ2v) is 5.63.